The molecule has 4 rings (SSSR count). The van der Waals surface area contributed by atoms with Crippen LogP contribution in [0, 0.1) is 0 Å². The molecule has 2 N–H and O–H groups in total. The van der Waals surface area contributed by atoms with E-state index >= 15 is 0 Å². The molecule has 0 fully saturated rings. The molecule has 1 aromatic carbocycles. The zero-order valence-corrected chi connectivity index (χ0v) is 12.9. The van der Waals surface area contributed by atoms with Crippen molar-refractivity contribution in [3.63, 3.8) is 0 Å². The molecule has 0 saturated carbocycles. The highest BCUT2D eigenvalue weighted by Crippen LogP contribution is 2.25. The minimum absolute atomic E-state index is 0.0451. The van der Waals surface area contributed by atoms with Gasteiger partial charge in [-0.3, -0.25) is 10.1 Å². The minimum Gasteiger partial charge on any atom is -0.360 e. The summed E-state index contributed by atoms with van der Waals surface area (Å²) in [4.78, 5) is 4.47. The Morgan fingerprint density at radius 1 is 1.17 bits per heavy atom. The van der Waals surface area contributed by atoms with Crippen LogP contribution in [0.1, 0.15) is 0 Å². The quantitative estimate of drug-likeness (QED) is 0.771. The molecule has 6 nitrogen and oxygen atoms in total. The summed E-state index contributed by atoms with van der Waals surface area (Å²) in [6, 6.07) is 11.7. The number of aromatic amines is 1. The maximum absolute atomic E-state index is 11.5. The van der Waals surface area contributed by atoms with Gasteiger partial charge in [0.15, 0.2) is 15.7 Å². The van der Waals surface area contributed by atoms with E-state index in [1.165, 1.54) is 5.41 Å². The molecule has 3 aromatic rings. The maximum Gasteiger partial charge on any atom is 0.174 e. The summed E-state index contributed by atoms with van der Waals surface area (Å²) in [5, 5.41) is 11.5. The number of anilines is 1. The predicted molar refractivity (Wildman–Crippen MR) is 89.7 cm³/mol. The molecule has 23 heavy (non-hydrogen) atoms. The molecule has 1 aliphatic rings. The standard InChI is InChI=1S/C16H14N4O2S/c21-23(22)7-6-13(10-23)18-16-15-14(19-20-16)8-12(9-17-15)11-4-2-1-3-5-11/h1-9,13H,10H2,(H2,18,19,20)/t13-/m1/s1. The molecule has 0 spiro atoms. The fourth-order valence-corrected chi connectivity index (χ4v) is 3.87. The fourth-order valence-electron chi connectivity index (χ4n) is 2.64. The molecule has 0 unspecified atom stereocenters. The van der Waals surface area contributed by atoms with Crippen molar-refractivity contribution in [3.8, 4) is 11.1 Å². The summed E-state index contributed by atoms with van der Waals surface area (Å²) >= 11 is 0. The minimum atomic E-state index is -3.10. The molecule has 0 radical (unpaired) electrons. The van der Waals surface area contributed by atoms with Crippen LogP contribution in [0.15, 0.2) is 54.1 Å². The molecule has 0 aliphatic carbocycles. The van der Waals surface area contributed by atoms with Crippen molar-refractivity contribution in [3.05, 3.63) is 54.1 Å². The van der Waals surface area contributed by atoms with Crippen LogP contribution in [0.4, 0.5) is 5.82 Å². The zero-order valence-electron chi connectivity index (χ0n) is 12.1. The Kier molecular flexibility index (Phi) is 3.16. The van der Waals surface area contributed by atoms with Gasteiger partial charge in [-0.1, -0.05) is 30.3 Å². The smallest absolute Gasteiger partial charge is 0.174 e. The Bertz CT molecular complexity index is 993. The average Bonchev–Trinajstić information content (AvgIpc) is 3.11. The van der Waals surface area contributed by atoms with E-state index in [2.05, 4.69) is 20.5 Å². The number of nitrogens with zero attached hydrogens (tertiary/aromatic N) is 2. The molecule has 0 saturated heterocycles. The first-order chi connectivity index (χ1) is 11.1. The van der Waals surface area contributed by atoms with Crippen molar-refractivity contribution in [2.45, 2.75) is 6.04 Å². The van der Waals surface area contributed by atoms with Crippen molar-refractivity contribution in [1.29, 1.82) is 0 Å². The second kappa shape index (κ2) is 5.20. The first-order valence-corrected chi connectivity index (χ1v) is 8.89. The summed E-state index contributed by atoms with van der Waals surface area (Å²) in [6.07, 6.45) is 3.42. The Morgan fingerprint density at radius 3 is 2.74 bits per heavy atom. The van der Waals surface area contributed by atoms with Crippen LogP contribution in [0.25, 0.3) is 22.2 Å². The van der Waals surface area contributed by atoms with E-state index in [4.69, 9.17) is 0 Å². The summed E-state index contributed by atoms with van der Waals surface area (Å²) in [6.45, 7) is 0. The highest BCUT2D eigenvalue weighted by Gasteiger charge is 2.23. The topological polar surface area (TPSA) is 87.7 Å². The van der Waals surface area contributed by atoms with Gasteiger partial charge in [0, 0.05) is 17.2 Å². The van der Waals surface area contributed by atoms with Gasteiger partial charge < -0.3 is 5.32 Å². The largest absolute Gasteiger partial charge is 0.360 e. The number of benzene rings is 1. The third kappa shape index (κ3) is 2.70. The van der Waals surface area contributed by atoms with Gasteiger partial charge in [-0.25, -0.2) is 8.42 Å². The number of rotatable bonds is 3. The second-order valence-electron chi connectivity index (χ2n) is 5.47. The molecule has 116 valence electrons. The zero-order chi connectivity index (χ0) is 15.9. The van der Waals surface area contributed by atoms with E-state index in [1.807, 2.05) is 36.4 Å². The number of pyridine rings is 1. The normalized spacial score (nSPS) is 19.2. The molecule has 0 bridgehead atoms. The van der Waals surface area contributed by atoms with Gasteiger partial charge in [0.05, 0.1) is 17.3 Å². The van der Waals surface area contributed by atoms with Crippen molar-refractivity contribution < 1.29 is 8.42 Å². The van der Waals surface area contributed by atoms with Gasteiger partial charge >= 0.3 is 0 Å². The number of nitrogens with one attached hydrogen (secondary N) is 2. The lowest BCUT2D eigenvalue weighted by Crippen LogP contribution is -2.21. The maximum atomic E-state index is 11.5. The van der Waals surface area contributed by atoms with E-state index in [1.54, 1.807) is 12.3 Å². The molecule has 3 heterocycles. The number of fused-ring (bicyclic) bond motifs is 1. The Hall–Kier alpha value is -2.67. The summed E-state index contributed by atoms with van der Waals surface area (Å²) < 4.78 is 22.9. The monoisotopic (exact) mass is 326 g/mol. The van der Waals surface area contributed by atoms with E-state index in [0.717, 1.165) is 16.6 Å². The number of aromatic nitrogens is 3. The van der Waals surface area contributed by atoms with Crippen LogP contribution in [0.5, 0.6) is 0 Å². The third-order valence-electron chi connectivity index (χ3n) is 3.76. The lowest BCUT2D eigenvalue weighted by Gasteiger charge is -2.08. The number of hydrogen-bond donors (Lipinski definition) is 2. The van der Waals surface area contributed by atoms with E-state index < -0.39 is 9.84 Å². The van der Waals surface area contributed by atoms with Gasteiger partial charge in [-0.05, 0) is 17.7 Å². The van der Waals surface area contributed by atoms with Crippen LogP contribution >= 0.6 is 0 Å². The van der Waals surface area contributed by atoms with Crippen molar-refractivity contribution >= 4 is 26.7 Å². The average molecular weight is 326 g/mol. The highest BCUT2D eigenvalue weighted by molar-refractivity contribution is 7.94. The molecule has 2 aromatic heterocycles. The molecular weight excluding hydrogens is 312 g/mol. The summed E-state index contributed by atoms with van der Waals surface area (Å²) in [5.74, 6) is 0.607. The van der Waals surface area contributed by atoms with Crippen LogP contribution in [-0.2, 0) is 9.84 Å². The summed E-state index contributed by atoms with van der Waals surface area (Å²) in [5.41, 5.74) is 3.58. The highest BCUT2D eigenvalue weighted by atomic mass is 32.2. The SMILES string of the molecule is O=S1(=O)C=C[C@@H](Nc2n[nH]c3cc(-c4ccccc4)cnc23)C1. The first kappa shape index (κ1) is 14.0. The van der Waals surface area contributed by atoms with Gasteiger partial charge in [-0.2, -0.15) is 5.10 Å². The van der Waals surface area contributed by atoms with Crippen LogP contribution in [0.2, 0.25) is 0 Å². The lowest BCUT2D eigenvalue weighted by molar-refractivity contribution is 0.605. The van der Waals surface area contributed by atoms with Crippen LogP contribution in [0.3, 0.4) is 0 Å². The van der Waals surface area contributed by atoms with Gasteiger partial charge in [0.2, 0.25) is 0 Å². The molecule has 1 atom stereocenters. The third-order valence-corrected chi connectivity index (χ3v) is 5.16. The van der Waals surface area contributed by atoms with E-state index in [9.17, 15) is 8.42 Å². The van der Waals surface area contributed by atoms with Crippen molar-refractivity contribution in [2.24, 2.45) is 0 Å². The second-order valence-corrected chi connectivity index (χ2v) is 7.40. The van der Waals surface area contributed by atoms with E-state index in [-0.39, 0.29) is 11.8 Å². The fraction of sp³-hybridized carbons (Fsp3) is 0.125. The van der Waals surface area contributed by atoms with E-state index in [0.29, 0.717) is 11.3 Å². The number of H-pyrrole nitrogens is 1. The predicted octanol–water partition coefficient (Wildman–Crippen LogP) is 2.35. The van der Waals surface area contributed by atoms with Crippen molar-refractivity contribution in [2.75, 3.05) is 11.1 Å². The van der Waals surface area contributed by atoms with Gasteiger partial charge in [0.1, 0.15) is 5.52 Å². The van der Waals surface area contributed by atoms with Crippen LogP contribution < -0.4 is 5.32 Å². The number of hydrogen-bond acceptors (Lipinski definition) is 5. The van der Waals surface area contributed by atoms with Gasteiger partial charge in [-0.15, -0.1) is 0 Å². The molecular formula is C16H14N4O2S. The molecule has 1 aliphatic heterocycles. The Morgan fingerprint density at radius 2 is 2.00 bits per heavy atom. The molecule has 7 heteroatoms. The first-order valence-electron chi connectivity index (χ1n) is 7.18. The van der Waals surface area contributed by atoms with Gasteiger partial charge in [0.25, 0.3) is 0 Å². The molecule has 0 amide bonds. The number of sulfone groups is 1. The Balaban J connectivity index is 1.65. The van der Waals surface area contributed by atoms with Crippen molar-refractivity contribution in [1.82, 2.24) is 15.2 Å². The lowest BCUT2D eigenvalue weighted by atomic mass is 10.1. The summed E-state index contributed by atoms with van der Waals surface area (Å²) in [7, 11) is -3.10. The van der Waals surface area contributed by atoms with Crippen LogP contribution in [-0.4, -0.2) is 35.4 Å². The Labute approximate surface area is 133 Å².